The summed E-state index contributed by atoms with van der Waals surface area (Å²) in [6.07, 6.45) is 1.48. The summed E-state index contributed by atoms with van der Waals surface area (Å²) in [7, 11) is 1.33. The molecule has 0 aliphatic carbocycles. The van der Waals surface area contributed by atoms with Gasteiger partial charge in [-0.15, -0.1) is 0 Å². The lowest BCUT2D eigenvalue weighted by molar-refractivity contribution is -0.384. The van der Waals surface area contributed by atoms with Gasteiger partial charge in [0.25, 0.3) is 5.69 Å². The number of ether oxygens (including phenoxy) is 3. The maximum atomic E-state index is 12.8. The van der Waals surface area contributed by atoms with Crippen LogP contribution in [0.15, 0.2) is 66.4 Å². The Morgan fingerprint density at radius 2 is 1.88 bits per heavy atom. The average Bonchev–Trinajstić information content (AvgIpc) is 3.14. The highest BCUT2D eigenvalue weighted by molar-refractivity contribution is 6.15. The maximum Gasteiger partial charge on any atom is 0.337 e. The summed E-state index contributed by atoms with van der Waals surface area (Å²) in [6, 6.07) is 16.2. The lowest BCUT2D eigenvalue weighted by Crippen LogP contribution is -2.02. The quantitative estimate of drug-likeness (QED) is 0.230. The van der Waals surface area contributed by atoms with Gasteiger partial charge >= 0.3 is 5.97 Å². The molecule has 0 unspecified atom stereocenters. The third kappa shape index (κ3) is 4.45. The third-order valence-corrected chi connectivity index (χ3v) is 5.18. The van der Waals surface area contributed by atoms with Gasteiger partial charge in [0.1, 0.15) is 18.1 Å². The lowest BCUT2D eigenvalue weighted by Gasteiger charge is -2.12. The molecular formula is C25H19NO7. The Morgan fingerprint density at radius 1 is 1.12 bits per heavy atom. The van der Waals surface area contributed by atoms with Crippen LogP contribution in [0.3, 0.4) is 0 Å². The maximum absolute atomic E-state index is 12.8. The van der Waals surface area contributed by atoms with Crippen LogP contribution < -0.4 is 9.47 Å². The zero-order valence-corrected chi connectivity index (χ0v) is 17.9. The van der Waals surface area contributed by atoms with E-state index in [9.17, 15) is 19.7 Å². The van der Waals surface area contributed by atoms with E-state index in [-0.39, 0.29) is 23.8 Å². The van der Waals surface area contributed by atoms with Gasteiger partial charge in [-0.1, -0.05) is 24.3 Å². The minimum Gasteiger partial charge on any atom is -0.488 e. The molecule has 8 heteroatoms. The van der Waals surface area contributed by atoms with Gasteiger partial charge in [-0.25, -0.2) is 4.79 Å². The van der Waals surface area contributed by atoms with Crippen molar-refractivity contribution in [1.29, 1.82) is 0 Å². The first-order valence-electron chi connectivity index (χ1n) is 9.99. The number of ketones is 1. The van der Waals surface area contributed by atoms with Crippen molar-refractivity contribution in [1.82, 2.24) is 0 Å². The van der Waals surface area contributed by atoms with Crippen molar-refractivity contribution >= 4 is 23.5 Å². The van der Waals surface area contributed by atoms with E-state index in [4.69, 9.17) is 9.47 Å². The number of nitro benzene ring substituents is 1. The number of hydrogen-bond donors (Lipinski definition) is 0. The molecule has 0 fully saturated rings. The number of carbonyl (C=O) groups excluding carboxylic acids is 2. The molecule has 4 rings (SSSR count). The number of fused-ring (bicyclic) bond motifs is 1. The van der Waals surface area contributed by atoms with Crippen molar-refractivity contribution < 1.29 is 28.7 Å². The summed E-state index contributed by atoms with van der Waals surface area (Å²) in [4.78, 5) is 34.8. The molecule has 0 saturated carbocycles. The Morgan fingerprint density at radius 3 is 2.58 bits per heavy atom. The van der Waals surface area contributed by atoms with E-state index >= 15 is 0 Å². The molecule has 0 N–H and O–H groups in total. The van der Waals surface area contributed by atoms with Crippen LogP contribution in [0.5, 0.6) is 11.5 Å². The normalized spacial score (nSPS) is 13.4. The van der Waals surface area contributed by atoms with Crippen molar-refractivity contribution in [2.24, 2.45) is 0 Å². The fraction of sp³-hybridized carbons (Fsp3) is 0.120. The Labute approximate surface area is 189 Å². The molecule has 0 amide bonds. The molecule has 3 aromatic rings. The average molecular weight is 445 g/mol. The van der Waals surface area contributed by atoms with Gasteiger partial charge in [0.05, 0.1) is 23.2 Å². The summed E-state index contributed by atoms with van der Waals surface area (Å²) in [5.74, 6) is 0.326. The number of benzene rings is 3. The van der Waals surface area contributed by atoms with E-state index in [1.807, 2.05) is 0 Å². The molecule has 3 aromatic carbocycles. The van der Waals surface area contributed by atoms with Gasteiger partial charge in [0.2, 0.25) is 5.78 Å². The number of nitro groups is 1. The number of esters is 1. The highest BCUT2D eigenvalue weighted by Gasteiger charge is 2.30. The minimum atomic E-state index is -0.495. The van der Waals surface area contributed by atoms with Gasteiger partial charge in [0, 0.05) is 17.7 Å². The van der Waals surface area contributed by atoms with E-state index in [2.05, 4.69) is 4.74 Å². The van der Waals surface area contributed by atoms with E-state index in [1.165, 1.54) is 25.3 Å². The molecule has 1 aliphatic heterocycles. The van der Waals surface area contributed by atoms with E-state index in [0.29, 0.717) is 33.8 Å². The molecule has 0 saturated heterocycles. The minimum absolute atomic E-state index is 0.0706. The van der Waals surface area contributed by atoms with Crippen molar-refractivity contribution in [3.05, 3.63) is 104 Å². The van der Waals surface area contributed by atoms with Crippen LogP contribution >= 0.6 is 0 Å². The van der Waals surface area contributed by atoms with Crippen molar-refractivity contribution in [2.45, 2.75) is 13.5 Å². The molecule has 0 radical (unpaired) electrons. The van der Waals surface area contributed by atoms with Crippen molar-refractivity contribution in [3.8, 4) is 11.5 Å². The second kappa shape index (κ2) is 8.96. The van der Waals surface area contributed by atoms with Crippen LogP contribution in [0.4, 0.5) is 5.69 Å². The molecule has 1 heterocycles. The Hall–Kier alpha value is -4.46. The number of carbonyl (C=O) groups is 2. The Balaban J connectivity index is 1.52. The summed E-state index contributed by atoms with van der Waals surface area (Å²) in [5, 5.41) is 11.0. The van der Waals surface area contributed by atoms with E-state index < -0.39 is 10.9 Å². The number of methoxy groups -OCH3 is 1. The second-order valence-corrected chi connectivity index (χ2v) is 7.33. The van der Waals surface area contributed by atoms with Crippen LogP contribution in [-0.2, 0) is 11.3 Å². The smallest absolute Gasteiger partial charge is 0.337 e. The van der Waals surface area contributed by atoms with Crippen LogP contribution in [-0.4, -0.2) is 23.8 Å². The highest BCUT2D eigenvalue weighted by Crippen LogP contribution is 2.39. The standard InChI is InChI=1S/C25H19NO7/c1-15-21(32-14-16-6-8-18(9-7-16)25(28)31-2)11-10-20-23(27)22(33-24(15)20)13-17-4-3-5-19(12-17)26(29)30/h3-13H,14H2,1-2H3/b22-13-. The monoisotopic (exact) mass is 445 g/mol. The van der Waals surface area contributed by atoms with E-state index in [1.54, 1.807) is 55.5 Å². The molecule has 0 aromatic heterocycles. The molecule has 33 heavy (non-hydrogen) atoms. The third-order valence-electron chi connectivity index (χ3n) is 5.18. The predicted molar refractivity (Wildman–Crippen MR) is 119 cm³/mol. The molecule has 0 bridgehead atoms. The van der Waals surface area contributed by atoms with Gasteiger partial charge in [0.15, 0.2) is 5.76 Å². The van der Waals surface area contributed by atoms with Crippen LogP contribution in [0.25, 0.3) is 6.08 Å². The number of rotatable bonds is 6. The van der Waals surface area contributed by atoms with Crippen LogP contribution in [0.1, 0.15) is 37.4 Å². The van der Waals surface area contributed by atoms with Crippen LogP contribution in [0.2, 0.25) is 0 Å². The van der Waals surface area contributed by atoms with Gasteiger partial charge in [-0.3, -0.25) is 14.9 Å². The molecule has 0 atom stereocenters. The summed E-state index contributed by atoms with van der Waals surface area (Å²) in [5.41, 5.74) is 2.79. The first-order chi connectivity index (χ1) is 15.9. The topological polar surface area (TPSA) is 105 Å². The Bertz CT molecular complexity index is 1290. The molecule has 1 aliphatic rings. The first-order valence-corrected chi connectivity index (χ1v) is 9.99. The van der Waals surface area contributed by atoms with Crippen molar-refractivity contribution in [3.63, 3.8) is 0 Å². The largest absolute Gasteiger partial charge is 0.488 e. The van der Waals surface area contributed by atoms with E-state index in [0.717, 1.165) is 5.56 Å². The van der Waals surface area contributed by atoms with Crippen molar-refractivity contribution in [2.75, 3.05) is 7.11 Å². The second-order valence-electron chi connectivity index (χ2n) is 7.33. The first kappa shape index (κ1) is 21.8. The van der Waals surface area contributed by atoms with Gasteiger partial charge < -0.3 is 14.2 Å². The molecule has 8 nitrogen and oxygen atoms in total. The number of Topliss-reactive ketones (excluding diaryl/α,β-unsaturated/α-hetero) is 1. The molecular weight excluding hydrogens is 426 g/mol. The van der Waals surface area contributed by atoms with Crippen LogP contribution in [0, 0.1) is 17.0 Å². The number of hydrogen-bond acceptors (Lipinski definition) is 7. The number of non-ortho nitro benzene ring substituents is 1. The zero-order valence-electron chi connectivity index (χ0n) is 17.9. The summed E-state index contributed by atoms with van der Waals surface area (Å²) < 4.78 is 16.4. The lowest BCUT2D eigenvalue weighted by atomic mass is 10.1. The molecule has 166 valence electrons. The highest BCUT2D eigenvalue weighted by atomic mass is 16.6. The summed E-state index contributed by atoms with van der Waals surface area (Å²) in [6.45, 7) is 2.05. The zero-order chi connectivity index (χ0) is 23.5. The number of allylic oxidation sites excluding steroid dienone is 1. The fourth-order valence-electron chi connectivity index (χ4n) is 3.42. The molecule has 0 spiro atoms. The summed E-state index contributed by atoms with van der Waals surface area (Å²) >= 11 is 0. The van der Waals surface area contributed by atoms with Gasteiger partial charge in [-0.05, 0) is 48.4 Å². The fourth-order valence-corrected chi connectivity index (χ4v) is 3.42. The Kier molecular flexibility index (Phi) is 5.91. The SMILES string of the molecule is COC(=O)c1ccc(COc2ccc3c(c2C)O/C(=C\c2cccc([N+](=O)[O-])c2)C3=O)cc1. The number of nitrogens with zero attached hydrogens (tertiary/aromatic N) is 1. The predicted octanol–water partition coefficient (Wildman–Crippen LogP) is 4.89. The van der Waals surface area contributed by atoms with Gasteiger partial charge in [-0.2, -0.15) is 0 Å².